The van der Waals surface area contributed by atoms with E-state index < -0.39 is 11.6 Å². The zero-order chi connectivity index (χ0) is 11.5. The van der Waals surface area contributed by atoms with Crippen molar-refractivity contribution in [2.45, 2.75) is 25.3 Å². The molecule has 1 aromatic heterocycles. The van der Waals surface area contributed by atoms with Gasteiger partial charge in [0.15, 0.2) is 11.6 Å². The third-order valence-electron chi connectivity index (χ3n) is 2.96. The highest BCUT2D eigenvalue weighted by molar-refractivity contribution is 5.41. The molecule has 1 fully saturated rings. The number of hydrogen-bond acceptors (Lipinski definition) is 3. The fraction of sp³-hybridized carbons (Fsp3) is 0.545. The van der Waals surface area contributed by atoms with Crippen LogP contribution in [0, 0.1) is 11.6 Å². The monoisotopic (exact) mass is 227 g/mol. The van der Waals surface area contributed by atoms with E-state index in [1.807, 2.05) is 4.90 Å². The Morgan fingerprint density at radius 1 is 1.44 bits per heavy atom. The van der Waals surface area contributed by atoms with Crippen molar-refractivity contribution in [1.29, 1.82) is 0 Å². The zero-order valence-electron chi connectivity index (χ0n) is 9.00. The Morgan fingerprint density at radius 2 is 2.25 bits per heavy atom. The van der Waals surface area contributed by atoms with E-state index in [9.17, 15) is 8.78 Å². The number of hydrogen-bond donors (Lipinski definition) is 1. The van der Waals surface area contributed by atoms with Crippen molar-refractivity contribution in [2.24, 2.45) is 5.73 Å². The van der Waals surface area contributed by atoms with Gasteiger partial charge < -0.3 is 10.6 Å². The largest absolute Gasteiger partial charge is 0.350 e. The van der Waals surface area contributed by atoms with Crippen molar-refractivity contribution in [3.05, 3.63) is 23.9 Å². The minimum Gasteiger partial charge on any atom is -0.350 e. The molecule has 1 aliphatic heterocycles. The molecule has 0 amide bonds. The summed E-state index contributed by atoms with van der Waals surface area (Å²) in [6.45, 7) is 1.20. The molecule has 0 saturated carbocycles. The Labute approximate surface area is 93.3 Å². The highest BCUT2D eigenvalue weighted by Gasteiger charge is 2.24. The van der Waals surface area contributed by atoms with E-state index in [1.165, 1.54) is 0 Å². The normalized spacial score (nSPS) is 21.2. The number of nitrogens with two attached hydrogens (primary N) is 1. The van der Waals surface area contributed by atoms with E-state index in [0.29, 0.717) is 6.54 Å². The fourth-order valence-corrected chi connectivity index (χ4v) is 2.14. The maximum absolute atomic E-state index is 13.6. The van der Waals surface area contributed by atoms with Gasteiger partial charge in [-0.25, -0.2) is 13.8 Å². The highest BCUT2D eigenvalue weighted by Crippen LogP contribution is 2.25. The number of anilines is 1. The molecule has 88 valence electrons. The number of rotatable bonds is 2. The molecule has 0 spiro atoms. The topological polar surface area (TPSA) is 42.1 Å². The molecule has 2 N–H and O–H groups in total. The van der Waals surface area contributed by atoms with Gasteiger partial charge in [0.2, 0.25) is 0 Å². The first-order valence-electron chi connectivity index (χ1n) is 5.50. The summed E-state index contributed by atoms with van der Waals surface area (Å²) in [5.41, 5.74) is 5.64. The van der Waals surface area contributed by atoms with Crippen LogP contribution in [0.15, 0.2) is 12.3 Å². The summed E-state index contributed by atoms with van der Waals surface area (Å²) in [6.07, 6.45) is 4.08. The van der Waals surface area contributed by atoms with Crippen molar-refractivity contribution in [3.63, 3.8) is 0 Å². The Hall–Kier alpha value is -1.23. The van der Waals surface area contributed by atoms with Crippen molar-refractivity contribution in [1.82, 2.24) is 4.98 Å². The lowest BCUT2D eigenvalue weighted by atomic mass is 10.0. The standard InChI is InChI=1S/C11H15F2N3/c12-8-5-10(13)11(15-7-8)16-4-2-1-3-9(16)6-14/h5,7,9H,1-4,6,14H2. The molecular formula is C11H15F2N3. The summed E-state index contributed by atoms with van der Waals surface area (Å²) < 4.78 is 26.3. The summed E-state index contributed by atoms with van der Waals surface area (Å²) in [5.74, 6) is -1.04. The second kappa shape index (κ2) is 4.74. The number of pyridine rings is 1. The first-order valence-corrected chi connectivity index (χ1v) is 5.50. The van der Waals surface area contributed by atoms with Crippen LogP contribution in [0.5, 0.6) is 0 Å². The van der Waals surface area contributed by atoms with Crippen molar-refractivity contribution in [2.75, 3.05) is 18.0 Å². The lowest BCUT2D eigenvalue weighted by Crippen LogP contribution is -2.45. The first-order chi connectivity index (χ1) is 7.72. The van der Waals surface area contributed by atoms with Crippen LogP contribution in [0.1, 0.15) is 19.3 Å². The van der Waals surface area contributed by atoms with Gasteiger partial charge in [0.05, 0.1) is 6.20 Å². The van der Waals surface area contributed by atoms with Crippen LogP contribution >= 0.6 is 0 Å². The minimum absolute atomic E-state index is 0.112. The van der Waals surface area contributed by atoms with Gasteiger partial charge in [-0.1, -0.05) is 0 Å². The van der Waals surface area contributed by atoms with E-state index in [2.05, 4.69) is 4.98 Å². The van der Waals surface area contributed by atoms with Gasteiger partial charge in [0.25, 0.3) is 0 Å². The SMILES string of the molecule is NCC1CCCCN1c1ncc(F)cc1F. The molecule has 2 heterocycles. The summed E-state index contributed by atoms with van der Waals surface area (Å²) in [5, 5.41) is 0. The number of aromatic nitrogens is 1. The van der Waals surface area contributed by atoms with Crippen molar-refractivity contribution in [3.8, 4) is 0 Å². The summed E-state index contributed by atoms with van der Waals surface area (Å²) in [4.78, 5) is 5.67. The maximum atomic E-state index is 13.6. The second-order valence-corrected chi connectivity index (χ2v) is 4.04. The molecule has 0 bridgehead atoms. The average molecular weight is 227 g/mol. The second-order valence-electron chi connectivity index (χ2n) is 4.04. The van der Waals surface area contributed by atoms with Gasteiger partial charge in [0.1, 0.15) is 5.82 Å². The van der Waals surface area contributed by atoms with Gasteiger partial charge in [-0.05, 0) is 19.3 Å². The van der Waals surface area contributed by atoms with E-state index in [0.717, 1.165) is 38.1 Å². The van der Waals surface area contributed by atoms with Crippen LogP contribution < -0.4 is 10.6 Å². The molecule has 0 aromatic carbocycles. The quantitative estimate of drug-likeness (QED) is 0.835. The van der Waals surface area contributed by atoms with Crippen molar-refractivity contribution >= 4 is 5.82 Å². The van der Waals surface area contributed by atoms with Gasteiger partial charge in [-0.15, -0.1) is 0 Å². The third-order valence-corrected chi connectivity index (χ3v) is 2.96. The highest BCUT2D eigenvalue weighted by atomic mass is 19.1. The van der Waals surface area contributed by atoms with Gasteiger partial charge in [0, 0.05) is 25.2 Å². The van der Waals surface area contributed by atoms with E-state index >= 15 is 0 Å². The van der Waals surface area contributed by atoms with Crippen LogP contribution in [-0.2, 0) is 0 Å². The van der Waals surface area contributed by atoms with Crippen LogP contribution in [0.25, 0.3) is 0 Å². The molecule has 1 saturated heterocycles. The van der Waals surface area contributed by atoms with Gasteiger partial charge in [-0.2, -0.15) is 0 Å². The molecular weight excluding hydrogens is 212 g/mol. The predicted octanol–water partition coefficient (Wildman–Crippen LogP) is 1.68. The van der Waals surface area contributed by atoms with Crippen molar-refractivity contribution < 1.29 is 8.78 Å². The van der Waals surface area contributed by atoms with Crippen LogP contribution in [0.3, 0.4) is 0 Å². The molecule has 1 aliphatic rings. The summed E-state index contributed by atoms with van der Waals surface area (Å²) >= 11 is 0. The lowest BCUT2D eigenvalue weighted by Gasteiger charge is -2.36. The lowest BCUT2D eigenvalue weighted by molar-refractivity contribution is 0.451. The number of nitrogens with zero attached hydrogens (tertiary/aromatic N) is 2. The smallest absolute Gasteiger partial charge is 0.168 e. The Morgan fingerprint density at radius 3 is 2.94 bits per heavy atom. The molecule has 5 heteroatoms. The first kappa shape index (κ1) is 11.3. The van der Waals surface area contributed by atoms with Crippen LogP contribution in [-0.4, -0.2) is 24.1 Å². The number of piperidine rings is 1. The average Bonchev–Trinajstić information content (AvgIpc) is 2.29. The Kier molecular flexibility index (Phi) is 3.33. The van der Waals surface area contributed by atoms with E-state index in [-0.39, 0.29) is 11.9 Å². The third kappa shape index (κ3) is 2.14. The zero-order valence-corrected chi connectivity index (χ0v) is 9.00. The summed E-state index contributed by atoms with van der Waals surface area (Å²) in [7, 11) is 0. The molecule has 0 aliphatic carbocycles. The predicted molar refractivity (Wildman–Crippen MR) is 58.2 cm³/mol. The Balaban J connectivity index is 2.27. The number of halogens is 2. The van der Waals surface area contributed by atoms with Crippen LogP contribution in [0.4, 0.5) is 14.6 Å². The van der Waals surface area contributed by atoms with Gasteiger partial charge >= 0.3 is 0 Å². The van der Waals surface area contributed by atoms with E-state index in [1.54, 1.807) is 0 Å². The molecule has 16 heavy (non-hydrogen) atoms. The molecule has 1 aromatic rings. The Bertz CT molecular complexity index is 370. The van der Waals surface area contributed by atoms with Crippen LogP contribution in [0.2, 0.25) is 0 Å². The van der Waals surface area contributed by atoms with Gasteiger partial charge in [-0.3, -0.25) is 0 Å². The molecule has 1 unspecified atom stereocenters. The molecule has 1 atom stereocenters. The molecule has 3 nitrogen and oxygen atoms in total. The van der Waals surface area contributed by atoms with E-state index in [4.69, 9.17) is 5.73 Å². The minimum atomic E-state index is -0.650. The molecule has 2 rings (SSSR count). The molecule has 0 radical (unpaired) electrons. The fourth-order valence-electron chi connectivity index (χ4n) is 2.14. The maximum Gasteiger partial charge on any atom is 0.168 e. The summed E-state index contributed by atoms with van der Waals surface area (Å²) in [6, 6.07) is 0.978.